The van der Waals surface area contributed by atoms with Crippen molar-refractivity contribution in [3.8, 4) is 0 Å². The number of halogens is 1. The summed E-state index contributed by atoms with van der Waals surface area (Å²) in [6.07, 6.45) is 7.56. The predicted octanol–water partition coefficient (Wildman–Crippen LogP) is 3.28. The molecule has 0 fully saturated rings. The third-order valence-corrected chi connectivity index (χ3v) is 3.54. The highest BCUT2D eigenvalue weighted by Crippen LogP contribution is 2.22. The molecule has 3 heteroatoms. The minimum atomic E-state index is 0. The number of hydrogen-bond donors (Lipinski definition) is 1. The second-order valence-electron chi connectivity index (χ2n) is 4.92. The molecule has 0 unspecified atom stereocenters. The average Bonchev–Trinajstić information content (AvgIpc) is 2.87. The molecule has 0 amide bonds. The Morgan fingerprint density at radius 3 is 2.68 bits per heavy atom. The van der Waals surface area contributed by atoms with Gasteiger partial charge in [0.25, 0.3) is 0 Å². The lowest BCUT2D eigenvalue weighted by atomic mass is 10.1. The number of benzene rings is 1. The van der Waals surface area contributed by atoms with Crippen LogP contribution in [0.1, 0.15) is 28.7 Å². The van der Waals surface area contributed by atoms with Gasteiger partial charge in [-0.15, -0.1) is 12.4 Å². The van der Waals surface area contributed by atoms with Crippen LogP contribution in [0.4, 0.5) is 0 Å². The first-order valence-electron chi connectivity index (χ1n) is 6.62. The second-order valence-corrected chi connectivity index (χ2v) is 4.92. The van der Waals surface area contributed by atoms with Crippen LogP contribution >= 0.6 is 12.4 Å². The van der Waals surface area contributed by atoms with Gasteiger partial charge >= 0.3 is 0 Å². The van der Waals surface area contributed by atoms with Gasteiger partial charge in [-0.05, 0) is 47.6 Å². The molecule has 1 aliphatic rings. The van der Waals surface area contributed by atoms with Crippen molar-refractivity contribution in [2.75, 3.05) is 0 Å². The van der Waals surface area contributed by atoms with Gasteiger partial charge in [-0.1, -0.05) is 24.3 Å². The van der Waals surface area contributed by atoms with Crippen molar-refractivity contribution in [3.05, 3.63) is 65.0 Å². The fraction of sp³-hybridized carbons (Fsp3) is 0.312. The summed E-state index contributed by atoms with van der Waals surface area (Å²) in [4.78, 5) is 4.12. The predicted molar refractivity (Wildman–Crippen MR) is 80.5 cm³/mol. The van der Waals surface area contributed by atoms with Crippen LogP contribution in [0.5, 0.6) is 0 Å². The van der Waals surface area contributed by atoms with Crippen molar-refractivity contribution in [2.45, 2.75) is 32.4 Å². The molecule has 0 saturated carbocycles. The minimum Gasteiger partial charge on any atom is -0.309 e. The van der Waals surface area contributed by atoms with Crippen LogP contribution in [0.3, 0.4) is 0 Å². The lowest BCUT2D eigenvalue weighted by Crippen LogP contribution is -2.12. The van der Waals surface area contributed by atoms with Gasteiger partial charge in [-0.25, -0.2) is 0 Å². The Hall–Kier alpha value is -1.38. The van der Waals surface area contributed by atoms with Gasteiger partial charge in [0.05, 0.1) is 0 Å². The quantitative estimate of drug-likeness (QED) is 0.926. The smallest absolute Gasteiger partial charge is 0.0312 e. The summed E-state index contributed by atoms with van der Waals surface area (Å²) in [7, 11) is 0. The SMILES string of the molecule is Cl.c1cncc(CNCc2ccc3c(c2)CCC3)c1. The summed E-state index contributed by atoms with van der Waals surface area (Å²) >= 11 is 0. The van der Waals surface area contributed by atoms with Crippen molar-refractivity contribution in [2.24, 2.45) is 0 Å². The van der Waals surface area contributed by atoms with Gasteiger partial charge in [0.1, 0.15) is 0 Å². The minimum absolute atomic E-state index is 0. The molecule has 1 aromatic heterocycles. The molecule has 0 aliphatic heterocycles. The third-order valence-electron chi connectivity index (χ3n) is 3.54. The van der Waals surface area contributed by atoms with Crippen molar-refractivity contribution < 1.29 is 0 Å². The molecule has 0 atom stereocenters. The van der Waals surface area contributed by atoms with E-state index >= 15 is 0 Å². The first-order valence-corrected chi connectivity index (χ1v) is 6.62. The Morgan fingerprint density at radius 1 is 1.00 bits per heavy atom. The topological polar surface area (TPSA) is 24.9 Å². The van der Waals surface area contributed by atoms with Crippen LogP contribution in [-0.2, 0) is 25.9 Å². The molecule has 0 saturated heterocycles. The Labute approximate surface area is 120 Å². The van der Waals surface area contributed by atoms with Crippen molar-refractivity contribution in [3.63, 3.8) is 0 Å². The number of aromatic nitrogens is 1. The van der Waals surface area contributed by atoms with E-state index in [4.69, 9.17) is 0 Å². The highest BCUT2D eigenvalue weighted by atomic mass is 35.5. The molecule has 1 aromatic carbocycles. The largest absolute Gasteiger partial charge is 0.309 e. The first kappa shape index (κ1) is 14.0. The summed E-state index contributed by atoms with van der Waals surface area (Å²) in [5, 5.41) is 3.47. The Bertz CT molecular complexity index is 526. The van der Waals surface area contributed by atoms with Gasteiger partial charge in [-0.2, -0.15) is 0 Å². The number of rotatable bonds is 4. The number of pyridine rings is 1. The fourth-order valence-electron chi connectivity index (χ4n) is 2.59. The number of fused-ring (bicyclic) bond motifs is 1. The zero-order valence-electron chi connectivity index (χ0n) is 10.9. The van der Waals surface area contributed by atoms with E-state index in [1.165, 1.54) is 30.4 Å². The standard InChI is InChI=1S/C16H18N2.ClH/c1-4-15-7-6-13(9-16(15)5-1)10-18-12-14-3-2-8-17-11-14;/h2-3,6-9,11,18H,1,4-5,10,12H2;1H. The molecule has 1 heterocycles. The molecule has 19 heavy (non-hydrogen) atoms. The highest BCUT2D eigenvalue weighted by molar-refractivity contribution is 5.85. The molecule has 1 N–H and O–H groups in total. The summed E-state index contributed by atoms with van der Waals surface area (Å²) in [6, 6.07) is 11.0. The Balaban J connectivity index is 0.00000133. The number of nitrogens with zero attached hydrogens (tertiary/aromatic N) is 1. The van der Waals surface area contributed by atoms with Crippen LogP contribution in [0.2, 0.25) is 0 Å². The van der Waals surface area contributed by atoms with E-state index in [1.54, 1.807) is 11.1 Å². The summed E-state index contributed by atoms with van der Waals surface area (Å²) in [5.41, 5.74) is 5.72. The van der Waals surface area contributed by atoms with E-state index in [0.29, 0.717) is 0 Å². The van der Waals surface area contributed by atoms with Gasteiger partial charge in [-0.3, -0.25) is 4.98 Å². The highest BCUT2D eigenvalue weighted by Gasteiger charge is 2.10. The first-order chi connectivity index (χ1) is 8.92. The maximum atomic E-state index is 4.12. The molecule has 2 nitrogen and oxygen atoms in total. The maximum Gasteiger partial charge on any atom is 0.0312 e. The lowest BCUT2D eigenvalue weighted by Gasteiger charge is -2.07. The molecule has 0 bridgehead atoms. The summed E-state index contributed by atoms with van der Waals surface area (Å²) < 4.78 is 0. The lowest BCUT2D eigenvalue weighted by molar-refractivity contribution is 0.691. The van der Waals surface area contributed by atoms with E-state index in [1.807, 2.05) is 18.5 Å². The van der Waals surface area contributed by atoms with Crippen LogP contribution in [-0.4, -0.2) is 4.98 Å². The van der Waals surface area contributed by atoms with Crippen LogP contribution < -0.4 is 5.32 Å². The maximum absolute atomic E-state index is 4.12. The van der Waals surface area contributed by atoms with Crippen molar-refractivity contribution >= 4 is 12.4 Å². The van der Waals surface area contributed by atoms with Crippen LogP contribution in [0.25, 0.3) is 0 Å². The molecular formula is C16H19ClN2. The van der Waals surface area contributed by atoms with E-state index in [9.17, 15) is 0 Å². The van der Waals surface area contributed by atoms with Crippen molar-refractivity contribution in [1.29, 1.82) is 0 Å². The van der Waals surface area contributed by atoms with E-state index in [2.05, 4.69) is 34.6 Å². The Kier molecular flexibility index (Phi) is 4.94. The molecule has 100 valence electrons. The monoisotopic (exact) mass is 274 g/mol. The van der Waals surface area contributed by atoms with E-state index in [0.717, 1.165) is 13.1 Å². The zero-order chi connectivity index (χ0) is 12.2. The van der Waals surface area contributed by atoms with Gasteiger partial charge < -0.3 is 5.32 Å². The molecule has 2 aromatic rings. The van der Waals surface area contributed by atoms with Gasteiger partial charge in [0.15, 0.2) is 0 Å². The van der Waals surface area contributed by atoms with E-state index in [-0.39, 0.29) is 12.4 Å². The summed E-state index contributed by atoms with van der Waals surface area (Å²) in [6.45, 7) is 1.81. The Morgan fingerprint density at radius 2 is 1.84 bits per heavy atom. The molecule has 0 spiro atoms. The zero-order valence-corrected chi connectivity index (χ0v) is 11.7. The number of nitrogens with one attached hydrogen (secondary N) is 1. The van der Waals surface area contributed by atoms with Crippen LogP contribution in [0.15, 0.2) is 42.7 Å². The summed E-state index contributed by atoms with van der Waals surface area (Å²) in [5.74, 6) is 0. The number of aryl methyl sites for hydroxylation is 2. The molecule has 0 radical (unpaired) electrons. The normalized spacial score (nSPS) is 12.8. The second kappa shape index (κ2) is 6.69. The van der Waals surface area contributed by atoms with Crippen molar-refractivity contribution in [1.82, 2.24) is 10.3 Å². The average molecular weight is 275 g/mol. The third kappa shape index (κ3) is 3.55. The molecule has 1 aliphatic carbocycles. The molecular weight excluding hydrogens is 256 g/mol. The van der Waals surface area contributed by atoms with Gasteiger partial charge in [0, 0.05) is 25.5 Å². The number of hydrogen-bond acceptors (Lipinski definition) is 2. The molecule has 3 rings (SSSR count). The fourth-order valence-corrected chi connectivity index (χ4v) is 2.59. The van der Waals surface area contributed by atoms with E-state index < -0.39 is 0 Å². The van der Waals surface area contributed by atoms with Gasteiger partial charge in [0.2, 0.25) is 0 Å². The van der Waals surface area contributed by atoms with Crippen LogP contribution in [0, 0.1) is 0 Å².